The van der Waals surface area contributed by atoms with E-state index in [4.69, 9.17) is 10.2 Å². The molecule has 3 aromatic rings. The van der Waals surface area contributed by atoms with E-state index in [1.165, 1.54) is 32.1 Å². The first-order valence-electron chi connectivity index (χ1n) is 8.31. The van der Waals surface area contributed by atoms with Crippen molar-refractivity contribution in [3.8, 4) is 11.1 Å². The SMILES string of the molecule is Nc1ccc(-c2ccc3oc(NC4CCCCC4)nc3c2)cc1. The average molecular weight is 307 g/mol. The Kier molecular flexibility index (Phi) is 3.66. The van der Waals surface area contributed by atoms with E-state index in [9.17, 15) is 0 Å². The van der Waals surface area contributed by atoms with Gasteiger partial charge in [-0.3, -0.25) is 0 Å². The number of hydrogen-bond acceptors (Lipinski definition) is 4. The van der Waals surface area contributed by atoms with E-state index in [-0.39, 0.29) is 0 Å². The van der Waals surface area contributed by atoms with Crippen LogP contribution >= 0.6 is 0 Å². The molecule has 0 saturated heterocycles. The van der Waals surface area contributed by atoms with Crippen LogP contribution in [0.1, 0.15) is 32.1 Å². The second-order valence-corrected chi connectivity index (χ2v) is 6.30. The van der Waals surface area contributed by atoms with Gasteiger partial charge in [-0.05, 0) is 48.2 Å². The number of nitrogen functional groups attached to an aromatic ring is 1. The molecule has 1 aromatic heterocycles. The van der Waals surface area contributed by atoms with E-state index in [0.717, 1.165) is 27.9 Å². The minimum atomic E-state index is 0.494. The molecule has 1 fully saturated rings. The van der Waals surface area contributed by atoms with Crippen molar-refractivity contribution < 1.29 is 4.42 Å². The summed E-state index contributed by atoms with van der Waals surface area (Å²) in [5.41, 5.74) is 10.5. The van der Waals surface area contributed by atoms with Crippen molar-refractivity contribution in [3.63, 3.8) is 0 Å². The van der Waals surface area contributed by atoms with Crippen LogP contribution in [0.2, 0.25) is 0 Å². The van der Waals surface area contributed by atoms with Crippen LogP contribution in [0, 0.1) is 0 Å². The van der Waals surface area contributed by atoms with Gasteiger partial charge >= 0.3 is 0 Å². The maximum atomic E-state index is 5.84. The highest BCUT2D eigenvalue weighted by atomic mass is 16.4. The van der Waals surface area contributed by atoms with Gasteiger partial charge in [0.15, 0.2) is 5.58 Å². The molecule has 0 bridgehead atoms. The normalized spacial score (nSPS) is 15.8. The molecular weight excluding hydrogens is 286 g/mol. The molecule has 23 heavy (non-hydrogen) atoms. The number of hydrogen-bond donors (Lipinski definition) is 2. The molecule has 0 atom stereocenters. The van der Waals surface area contributed by atoms with E-state index < -0.39 is 0 Å². The summed E-state index contributed by atoms with van der Waals surface area (Å²) < 4.78 is 5.84. The molecule has 4 rings (SSSR count). The lowest BCUT2D eigenvalue weighted by molar-refractivity contribution is 0.451. The van der Waals surface area contributed by atoms with Crippen molar-refractivity contribution in [3.05, 3.63) is 42.5 Å². The molecule has 3 N–H and O–H groups in total. The Labute approximate surface area is 135 Å². The number of aromatic nitrogens is 1. The van der Waals surface area contributed by atoms with Crippen molar-refractivity contribution >= 4 is 22.8 Å². The highest BCUT2D eigenvalue weighted by molar-refractivity contribution is 5.81. The standard InChI is InChI=1S/C19H21N3O/c20-15-9-6-13(7-10-15)14-8-11-18-17(12-14)22-19(23-18)21-16-4-2-1-3-5-16/h6-12,16H,1-5,20H2,(H,21,22). The van der Waals surface area contributed by atoms with Gasteiger partial charge in [0.05, 0.1) is 0 Å². The Morgan fingerprint density at radius 1 is 0.957 bits per heavy atom. The highest BCUT2D eigenvalue weighted by Crippen LogP contribution is 2.28. The van der Waals surface area contributed by atoms with Crippen LogP contribution in [0.4, 0.5) is 11.7 Å². The third kappa shape index (κ3) is 3.02. The first kappa shape index (κ1) is 14.1. The molecule has 0 spiro atoms. The summed E-state index contributed by atoms with van der Waals surface area (Å²) in [5.74, 6) is 0. The largest absolute Gasteiger partial charge is 0.424 e. The molecule has 1 aliphatic rings. The number of nitrogens with one attached hydrogen (secondary N) is 1. The second-order valence-electron chi connectivity index (χ2n) is 6.30. The average Bonchev–Trinajstić information content (AvgIpc) is 2.98. The summed E-state index contributed by atoms with van der Waals surface area (Å²) in [5, 5.41) is 3.44. The van der Waals surface area contributed by atoms with Crippen molar-refractivity contribution in [1.29, 1.82) is 0 Å². The molecule has 2 aromatic carbocycles. The van der Waals surface area contributed by atoms with Gasteiger partial charge in [0.25, 0.3) is 6.01 Å². The minimum Gasteiger partial charge on any atom is -0.424 e. The van der Waals surface area contributed by atoms with Gasteiger partial charge in [0.1, 0.15) is 5.52 Å². The van der Waals surface area contributed by atoms with Gasteiger partial charge in [-0.1, -0.05) is 37.5 Å². The molecule has 118 valence electrons. The van der Waals surface area contributed by atoms with Gasteiger partial charge in [0.2, 0.25) is 0 Å². The summed E-state index contributed by atoms with van der Waals surface area (Å²) in [6, 6.07) is 15.1. The number of benzene rings is 2. The quantitative estimate of drug-likeness (QED) is 0.681. The maximum Gasteiger partial charge on any atom is 0.295 e. The fourth-order valence-corrected chi connectivity index (χ4v) is 3.27. The van der Waals surface area contributed by atoms with Gasteiger partial charge < -0.3 is 15.5 Å². The summed E-state index contributed by atoms with van der Waals surface area (Å²) >= 11 is 0. The fourth-order valence-electron chi connectivity index (χ4n) is 3.27. The van der Waals surface area contributed by atoms with E-state index in [0.29, 0.717) is 12.1 Å². The number of fused-ring (bicyclic) bond motifs is 1. The fraction of sp³-hybridized carbons (Fsp3) is 0.316. The zero-order chi connectivity index (χ0) is 15.6. The molecule has 4 nitrogen and oxygen atoms in total. The zero-order valence-corrected chi connectivity index (χ0v) is 13.1. The van der Waals surface area contributed by atoms with E-state index >= 15 is 0 Å². The van der Waals surface area contributed by atoms with Crippen LogP contribution in [0.5, 0.6) is 0 Å². The Bertz CT molecular complexity index is 801. The molecular formula is C19H21N3O. The van der Waals surface area contributed by atoms with Crippen LogP contribution in [0.25, 0.3) is 22.2 Å². The lowest BCUT2D eigenvalue weighted by atomic mass is 9.96. The van der Waals surface area contributed by atoms with Gasteiger partial charge in [-0.2, -0.15) is 4.98 Å². The van der Waals surface area contributed by atoms with E-state index in [1.54, 1.807) is 0 Å². The lowest BCUT2D eigenvalue weighted by Crippen LogP contribution is -2.22. The first-order chi connectivity index (χ1) is 11.3. The lowest BCUT2D eigenvalue weighted by Gasteiger charge is -2.21. The Morgan fingerprint density at radius 3 is 2.48 bits per heavy atom. The van der Waals surface area contributed by atoms with Crippen molar-refractivity contribution in [2.24, 2.45) is 0 Å². The molecule has 1 aliphatic carbocycles. The van der Waals surface area contributed by atoms with Crippen LogP contribution < -0.4 is 11.1 Å². The zero-order valence-electron chi connectivity index (χ0n) is 13.1. The van der Waals surface area contributed by atoms with Crippen LogP contribution in [-0.2, 0) is 0 Å². The van der Waals surface area contributed by atoms with Crippen molar-refractivity contribution in [2.45, 2.75) is 38.1 Å². The Balaban J connectivity index is 1.60. The molecule has 4 heteroatoms. The first-order valence-corrected chi connectivity index (χ1v) is 8.31. The topological polar surface area (TPSA) is 64.1 Å². The Morgan fingerprint density at radius 2 is 1.70 bits per heavy atom. The Hall–Kier alpha value is -2.49. The smallest absolute Gasteiger partial charge is 0.295 e. The second kappa shape index (κ2) is 5.95. The summed E-state index contributed by atoms with van der Waals surface area (Å²) in [6.45, 7) is 0. The summed E-state index contributed by atoms with van der Waals surface area (Å²) in [6.07, 6.45) is 6.33. The summed E-state index contributed by atoms with van der Waals surface area (Å²) in [4.78, 5) is 4.61. The van der Waals surface area contributed by atoms with Gasteiger partial charge in [0, 0.05) is 11.7 Å². The number of anilines is 2. The summed E-state index contributed by atoms with van der Waals surface area (Å²) in [7, 11) is 0. The van der Waals surface area contributed by atoms with Gasteiger partial charge in [-0.15, -0.1) is 0 Å². The highest BCUT2D eigenvalue weighted by Gasteiger charge is 2.16. The van der Waals surface area contributed by atoms with Crippen LogP contribution in [-0.4, -0.2) is 11.0 Å². The van der Waals surface area contributed by atoms with Crippen LogP contribution in [0.3, 0.4) is 0 Å². The predicted octanol–water partition coefficient (Wildman–Crippen LogP) is 4.82. The number of rotatable bonds is 3. The molecule has 0 amide bonds. The van der Waals surface area contributed by atoms with E-state index in [1.807, 2.05) is 30.3 Å². The molecule has 0 aliphatic heterocycles. The molecule has 1 heterocycles. The van der Waals surface area contributed by atoms with Gasteiger partial charge in [-0.25, -0.2) is 0 Å². The number of nitrogens with two attached hydrogens (primary N) is 1. The molecule has 0 unspecified atom stereocenters. The van der Waals surface area contributed by atoms with Crippen LogP contribution in [0.15, 0.2) is 46.9 Å². The third-order valence-corrected chi connectivity index (χ3v) is 4.56. The molecule has 0 radical (unpaired) electrons. The third-order valence-electron chi connectivity index (χ3n) is 4.56. The number of nitrogens with zero attached hydrogens (tertiary/aromatic N) is 1. The van der Waals surface area contributed by atoms with Crippen molar-refractivity contribution in [2.75, 3.05) is 11.1 Å². The number of oxazole rings is 1. The minimum absolute atomic E-state index is 0.494. The monoisotopic (exact) mass is 307 g/mol. The molecule has 1 saturated carbocycles. The van der Waals surface area contributed by atoms with E-state index in [2.05, 4.69) is 22.4 Å². The predicted molar refractivity (Wildman–Crippen MR) is 94.4 cm³/mol. The maximum absolute atomic E-state index is 5.84. The van der Waals surface area contributed by atoms with Crippen molar-refractivity contribution in [1.82, 2.24) is 4.98 Å².